The van der Waals surface area contributed by atoms with Crippen molar-refractivity contribution in [1.82, 2.24) is 9.97 Å². The normalized spacial score (nSPS) is 11.3. The van der Waals surface area contributed by atoms with Crippen LogP contribution in [0.3, 0.4) is 0 Å². The van der Waals surface area contributed by atoms with E-state index in [1.165, 1.54) is 0 Å². The molecular weight excluding hydrogens is 444 g/mol. The zero-order valence-corrected chi connectivity index (χ0v) is 19.3. The second kappa shape index (κ2) is 10.3. The molecule has 0 atom stereocenters. The lowest BCUT2D eigenvalue weighted by Gasteiger charge is -2.27. The van der Waals surface area contributed by atoms with Crippen LogP contribution in [-0.2, 0) is 14.4 Å². The second-order valence-corrected chi connectivity index (χ2v) is 8.34. The molecule has 0 saturated carbocycles. The molecule has 2 heterocycles. The predicted molar refractivity (Wildman–Crippen MR) is 135 cm³/mol. The summed E-state index contributed by atoms with van der Waals surface area (Å²) in [7, 11) is 0. The Morgan fingerprint density at radius 1 is 0.771 bits per heavy atom. The summed E-state index contributed by atoms with van der Waals surface area (Å²) in [6, 6.07) is 17.6. The third-order valence-corrected chi connectivity index (χ3v) is 6.06. The molecule has 0 fully saturated rings. The molecule has 0 aliphatic heterocycles. The molecule has 2 aromatic carbocycles. The number of carboxylic acid groups (broad SMARTS) is 1. The lowest BCUT2D eigenvalue weighted by molar-refractivity contribution is -0.158. The molecule has 2 aromatic heterocycles. The minimum atomic E-state index is -2.34. The van der Waals surface area contributed by atoms with E-state index < -0.39 is 23.2 Å². The van der Waals surface area contributed by atoms with Crippen molar-refractivity contribution in [2.24, 2.45) is 5.41 Å². The van der Waals surface area contributed by atoms with Crippen LogP contribution in [0.15, 0.2) is 73.1 Å². The highest BCUT2D eigenvalue weighted by Gasteiger charge is 2.53. The van der Waals surface area contributed by atoms with Gasteiger partial charge in [0.1, 0.15) is 0 Å². The topological polar surface area (TPSA) is 121 Å². The molecule has 0 spiro atoms. The van der Waals surface area contributed by atoms with Crippen LogP contribution < -0.4 is 10.6 Å². The van der Waals surface area contributed by atoms with Crippen LogP contribution in [0.1, 0.15) is 32.6 Å². The highest BCUT2D eigenvalue weighted by atomic mass is 16.4. The number of carbonyl (C=O) groups excluding carboxylic acids is 2. The van der Waals surface area contributed by atoms with E-state index in [1.807, 2.05) is 31.2 Å². The number of hydrogen-bond acceptors (Lipinski definition) is 5. The number of aromatic nitrogens is 2. The Labute approximate surface area is 202 Å². The smallest absolute Gasteiger partial charge is 0.328 e. The standard InChI is InChI=1S/C27H26N4O4/c1-2-3-4-15-27(26(34)35,24(32)30-20-13-5-9-18-11-7-16-28-22(18)20)25(33)31-21-14-6-10-19-12-8-17-29-23(19)21/h5-14,16-17H,2-4,15H2,1H3,(H,30,32)(H,31,33)(H,34,35). The quantitative estimate of drug-likeness (QED) is 0.233. The van der Waals surface area contributed by atoms with Crippen LogP contribution in [0.2, 0.25) is 0 Å². The van der Waals surface area contributed by atoms with Crippen LogP contribution >= 0.6 is 0 Å². The summed E-state index contributed by atoms with van der Waals surface area (Å²) in [5, 5.41) is 17.2. The van der Waals surface area contributed by atoms with Crippen LogP contribution in [-0.4, -0.2) is 32.9 Å². The maximum Gasteiger partial charge on any atom is 0.328 e. The fraction of sp³-hybridized carbons (Fsp3) is 0.222. The van der Waals surface area contributed by atoms with Crippen LogP contribution in [0.4, 0.5) is 11.4 Å². The van der Waals surface area contributed by atoms with E-state index in [4.69, 9.17) is 0 Å². The molecule has 4 aromatic rings. The molecule has 4 rings (SSSR count). The van der Waals surface area contributed by atoms with Gasteiger partial charge in [0.15, 0.2) is 0 Å². The Bertz CT molecular complexity index is 1300. The van der Waals surface area contributed by atoms with E-state index in [1.54, 1.807) is 48.8 Å². The highest BCUT2D eigenvalue weighted by molar-refractivity contribution is 6.27. The van der Waals surface area contributed by atoms with Gasteiger partial charge in [-0.15, -0.1) is 0 Å². The first-order valence-electron chi connectivity index (χ1n) is 11.5. The van der Waals surface area contributed by atoms with Gasteiger partial charge in [0.05, 0.1) is 22.4 Å². The molecule has 0 aliphatic carbocycles. The predicted octanol–water partition coefficient (Wildman–Crippen LogP) is 5.01. The monoisotopic (exact) mass is 470 g/mol. The fourth-order valence-corrected chi connectivity index (χ4v) is 4.14. The number of rotatable bonds is 9. The average molecular weight is 471 g/mol. The summed E-state index contributed by atoms with van der Waals surface area (Å²) in [4.78, 5) is 48.5. The van der Waals surface area contributed by atoms with Crippen molar-refractivity contribution >= 4 is 51.0 Å². The Morgan fingerprint density at radius 2 is 1.26 bits per heavy atom. The largest absolute Gasteiger partial charge is 0.480 e. The Kier molecular flexibility index (Phi) is 7.01. The van der Waals surface area contributed by atoms with Crippen molar-refractivity contribution in [3.8, 4) is 0 Å². The van der Waals surface area contributed by atoms with Gasteiger partial charge in [-0.1, -0.05) is 62.6 Å². The van der Waals surface area contributed by atoms with Crippen molar-refractivity contribution in [2.75, 3.05) is 10.6 Å². The summed E-state index contributed by atoms with van der Waals surface area (Å²) in [5.74, 6) is -3.33. The summed E-state index contributed by atoms with van der Waals surface area (Å²) < 4.78 is 0. The Balaban J connectivity index is 1.73. The molecular formula is C27H26N4O4. The van der Waals surface area contributed by atoms with Crippen molar-refractivity contribution in [2.45, 2.75) is 32.6 Å². The van der Waals surface area contributed by atoms with Crippen molar-refractivity contribution < 1.29 is 19.5 Å². The summed E-state index contributed by atoms with van der Waals surface area (Å²) >= 11 is 0. The number of carboxylic acids is 1. The minimum absolute atomic E-state index is 0.149. The number of unbranched alkanes of at least 4 members (excludes halogenated alkanes) is 2. The van der Waals surface area contributed by atoms with E-state index in [0.29, 0.717) is 35.2 Å². The van der Waals surface area contributed by atoms with Crippen molar-refractivity contribution in [3.63, 3.8) is 0 Å². The number of aliphatic carboxylic acids is 1. The van der Waals surface area contributed by atoms with Crippen LogP contribution in [0, 0.1) is 5.41 Å². The zero-order valence-electron chi connectivity index (χ0n) is 19.3. The first kappa shape index (κ1) is 23.8. The highest BCUT2D eigenvalue weighted by Crippen LogP contribution is 2.32. The molecule has 8 heteroatoms. The number of amides is 2. The molecule has 0 unspecified atom stereocenters. The average Bonchev–Trinajstić information content (AvgIpc) is 2.87. The summed E-state index contributed by atoms with van der Waals surface area (Å²) in [5.41, 5.74) is -0.643. The van der Waals surface area contributed by atoms with Gasteiger partial charge in [0.25, 0.3) is 11.8 Å². The van der Waals surface area contributed by atoms with Gasteiger partial charge in [0.2, 0.25) is 5.41 Å². The van der Waals surface area contributed by atoms with E-state index >= 15 is 0 Å². The van der Waals surface area contributed by atoms with Gasteiger partial charge < -0.3 is 15.7 Å². The first-order valence-corrected chi connectivity index (χ1v) is 11.5. The Hall–Kier alpha value is -4.33. The minimum Gasteiger partial charge on any atom is -0.480 e. The van der Waals surface area contributed by atoms with Crippen LogP contribution in [0.25, 0.3) is 21.8 Å². The number of nitrogens with zero attached hydrogens (tertiary/aromatic N) is 2. The maximum absolute atomic E-state index is 13.6. The van der Waals surface area contributed by atoms with Gasteiger partial charge in [0, 0.05) is 23.2 Å². The molecule has 8 nitrogen and oxygen atoms in total. The first-order chi connectivity index (χ1) is 17.0. The number of anilines is 2. The number of nitrogens with one attached hydrogen (secondary N) is 2. The number of hydrogen-bond donors (Lipinski definition) is 3. The van der Waals surface area contributed by atoms with Gasteiger partial charge in [-0.2, -0.15) is 0 Å². The molecule has 2 amide bonds. The number of para-hydroxylation sites is 2. The number of benzene rings is 2. The number of carbonyl (C=O) groups is 3. The third-order valence-electron chi connectivity index (χ3n) is 6.06. The third kappa shape index (κ3) is 4.68. The van der Waals surface area contributed by atoms with Gasteiger partial charge in [-0.3, -0.25) is 24.4 Å². The summed E-state index contributed by atoms with van der Waals surface area (Å²) in [6.45, 7) is 1.96. The van der Waals surface area contributed by atoms with Crippen LogP contribution in [0.5, 0.6) is 0 Å². The molecule has 0 saturated heterocycles. The number of fused-ring (bicyclic) bond motifs is 2. The summed E-state index contributed by atoms with van der Waals surface area (Å²) in [6.07, 6.45) is 4.91. The molecule has 178 valence electrons. The molecule has 0 radical (unpaired) electrons. The van der Waals surface area contributed by atoms with Crippen molar-refractivity contribution in [3.05, 3.63) is 73.1 Å². The van der Waals surface area contributed by atoms with E-state index in [2.05, 4.69) is 20.6 Å². The SMILES string of the molecule is CCCCCC(C(=O)O)(C(=O)Nc1cccc2cccnc12)C(=O)Nc1cccc2cccnc12. The zero-order chi connectivity index (χ0) is 24.8. The Morgan fingerprint density at radius 3 is 1.71 bits per heavy atom. The maximum atomic E-state index is 13.6. The lowest BCUT2D eigenvalue weighted by atomic mass is 9.80. The van der Waals surface area contributed by atoms with Crippen molar-refractivity contribution in [1.29, 1.82) is 0 Å². The van der Waals surface area contributed by atoms with Gasteiger partial charge >= 0.3 is 5.97 Å². The lowest BCUT2D eigenvalue weighted by Crippen LogP contribution is -2.52. The van der Waals surface area contributed by atoms with E-state index in [-0.39, 0.29) is 6.42 Å². The molecule has 0 bridgehead atoms. The fourth-order valence-electron chi connectivity index (χ4n) is 4.14. The van der Waals surface area contributed by atoms with E-state index in [0.717, 1.165) is 17.2 Å². The molecule has 3 N–H and O–H groups in total. The molecule has 35 heavy (non-hydrogen) atoms. The van der Waals surface area contributed by atoms with E-state index in [9.17, 15) is 19.5 Å². The van der Waals surface area contributed by atoms with Gasteiger partial charge in [-0.05, 0) is 30.7 Å². The molecule has 0 aliphatic rings. The number of pyridine rings is 2. The van der Waals surface area contributed by atoms with Gasteiger partial charge in [-0.25, -0.2) is 0 Å². The second-order valence-electron chi connectivity index (χ2n) is 8.34.